The molecule has 1 saturated carbocycles. The average molecular weight is 228 g/mol. The maximum Gasteiger partial charge on any atom is 0.140 e. The molecular weight excluding hydrogens is 212 g/mol. The maximum atomic E-state index is 9.98. The predicted molar refractivity (Wildman–Crippen MR) is 66.6 cm³/mol. The van der Waals surface area contributed by atoms with Crippen molar-refractivity contribution in [3.63, 3.8) is 0 Å². The van der Waals surface area contributed by atoms with Gasteiger partial charge in [-0.3, -0.25) is 0 Å². The standard InChI is InChI=1S/C14H16N2O/c17-13-8-4-7-12(13)16-10-9-15-14(16)11-5-2-1-3-6-11/h1-3,5-6,9-10,12-13,17H,4,7-8H2. The van der Waals surface area contributed by atoms with Crippen LogP contribution in [0.15, 0.2) is 42.7 Å². The summed E-state index contributed by atoms with van der Waals surface area (Å²) in [5.74, 6) is 0.955. The first kappa shape index (κ1) is 10.5. The second kappa shape index (κ2) is 4.34. The SMILES string of the molecule is OC1CCCC1n1ccnc1-c1ccccc1. The molecule has 1 fully saturated rings. The monoisotopic (exact) mass is 228 g/mol. The summed E-state index contributed by atoms with van der Waals surface area (Å²) in [5, 5.41) is 9.98. The third-order valence-corrected chi connectivity index (χ3v) is 3.50. The van der Waals surface area contributed by atoms with Crippen molar-refractivity contribution < 1.29 is 5.11 Å². The minimum atomic E-state index is -0.230. The van der Waals surface area contributed by atoms with Crippen molar-refractivity contribution in [2.45, 2.75) is 31.4 Å². The van der Waals surface area contributed by atoms with Gasteiger partial charge in [-0.2, -0.15) is 0 Å². The maximum absolute atomic E-state index is 9.98. The quantitative estimate of drug-likeness (QED) is 0.858. The molecule has 2 aromatic rings. The van der Waals surface area contributed by atoms with Gasteiger partial charge in [0.1, 0.15) is 5.82 Å². The van der Waals surface area contributed by atoms with E-state index in [4.69, 9.17) is 0 Å². The number of hydrogen-bond acceptors (Lipinski definition) is 2. The van der Waals surface area contributed by atoms with E-state index in [0.29, 0.717) is 0 Å². The summed E-state index contributed by atoms with van der Waals surface area (Å²) >= 11 is 0. The van der Waals surface area contributed by atoms with Gasteiger partial charge in [0.15, 0.2) is 0 Å². The van der Waals surface area contributed by atoms with Crippen LogP contribution in [0.2, 0.25) is 0 Å². The lowest BCUT2D eigenvalue weighted by molar-refractivity contribution is 0.137. The summed E-state index contributed by atoms with van der Waals surface area (Å²) in [4.78, 5) is 4.42. The Labute approximate surface area is 101 Å². The molecule has 1 aromatic heterocycles. The highest BCUT2D eigenvalue weighted by atomic mass is 16.3. The molecule has 0 bridgehead atoms. The molecule has 1 aliphatic rings. The Morgan fingerprint density at radius 1 is 1.18 bits per heavy atom. The Bertz CT molecular complexity index is 492. The van der Waals surface area contributed by atoms with E-state index in [1.165, 1.54) is 0 Å². The molecule has 0 saturated heterocycles. The van der Waals surface area contributed by atoms with Gasteiger partial charge in [-0.1, -0.05) is 30.3 Å². The Morgan fingerprint density at radius 2 is 2.00 bits per heavy atom. The number of aromatic nitrogens is 2. The van der Waals surface area contributed by atoms with Crippen LogP contribution < -0.4 is 0 Å². The molecule has 2 unspecified atom stereocenters. The van der Waals surface area contributed by atoms with Gasteiger partial charge >= 0.3 is 0 Å². The molecule has 1 heterocycles. The number of hydrogen-bond donors (Lipinski definition) is 1. The van der Waals surface area contributed by atoms with Crippen LogP contribution in [0.3, 0.4) is 0 Å². The minimum absolute atomic E-state index is 0.188. The van der Waals surface area contributed by atoms with Gasteiger partial charge in [-0.15, -0.1) is 0 Å². The highest BCUT2D eigenvalue weighted by Crippen LogP contribution is 2.33. The molecule has 88 valence electrons. The zero-order valence-corrected chi connectivity index (χ0v) is 9.66. The highest BCUT2D eigenvalue weighted by Gasteiger charge is 2.28. The van der Waals surface area contributed by atoms with Crippen LogP contribution in [-0.2, 0) is 0 Å². The Hall–Kier alpha value is -1.61. The number of aliphatic hydroxyl groups excluding tert-OH is 1. The molecule has 0 spiro atoms. The molecule has 1 aliphatic carbocycles. The lowest BCUT2D eigenvalue weighted by Gasteiger charge is -2.18. The number of rotatable bonds is 2. The van der Waals surface area contributed by atoms with Crippen molar-refractivity contribution in [2.24, 2.45) is 0 Å². The van der Waals surface area contributed by atoms with Crippen molar-refractivity contribution >= 4 is 0 Å². The number of aliphatic hydroxyl groups is 1. The fraction of sp³-hybridized carbons (Fsp3) is 0.357. The zero-order chi connectivity index (χ0) is 11.7. The Kier molecular flexibility index (Phi) is 2.69. The third-order valence-electron chi connectivity index (χ3n) is 3.50. The summed E-state index contributed by atoms with van der Waals surface area (Å²) in [5.41, 5.74) is 1.11. The lowest BCUT2D eigenvalue weighted by Crippen LogP contribution is -2.18. The first-order chi connectivity index (χ1) is 8.36. The first-order valence-corrected chi connectivity index (χ1v) is 6.12. The normalized spacial score (nSPS) is 24.1. The lowest BCUT2D eigenvalue weighted by atomic mass is 10.1. The van der Waals surface area contributed by atoms with Gasteiger partial charge in [0.05, 0.1) is 12.1 Å². The van der Waals surface area contributed by atoms with Crippen LogP contribution in [0.4, 0.5) is 0 Å². The third kappa shape index (κ3) is 1.87. The largest absolute Gasteiger partial charge is 0.391 e. The summed E-state index contributed by atoms with van der Waals surface area (Å²) < 4.78 is 2.12. The predicted octanol–water partition coefficient (Wildman–Crippen LogP) is 2.64. The van der Waals surface area contributed by atoms with Crippen molar-refractivity contribution in [3.8, 4) is 11.4 Å². The molecule has 0 aliphatic heterocycles. The summed E-state index contributed by atoms with van der Waals surface area (Å²) in [6, 6.07) is 10.3. The van der Waals surface area contributed by atoms with Crippen LogP contribution in [-0.4, -0.2) is 20.8 Å². The van der Waals surface area contributed by atoms with Gasteiger partial charge in [-0.25, -0.2) is 4.98 Å². The molecule has 1 N–H and O–H groups in total. The van der Waals surface area contributed by atoms with Crippen molar-refractivity contribution in [1.29, 1.82) is 0 Å². The van der Waals surface area contributed by atoms with Gasteiger partial charge in [0.2, 0.25) is 0 Å². The van der Waals surface area contributed by atoms with E-state index in [2.05, 4.69) is 21.7 Å². The average Bonchev–Trinajstić information content (AvgIpc) is 2.98. The fourth-order valence-corrected chi connectivity index (χ4v) is 2.64. The molecule has 0 radical (unpaired) electrons. The molecule has 3 heteroatoms. The number of imidazole rings is 1. The van der Waals surface area contributed by atoms with E-state index in [9.17, 15) is 5.11 Å². The highest BCUT2D eigenvalue weighted by molar-refractivity contribution is 5.55. The fourth-order valence-electron chi connectivity index (χ4n) is 2.64. The van der Waals surface area contributed by atoms with Crippen LogP contribution in [0.1, 0.15) is 25.3 Å². The van der Waals surface area contributed by atoms with Crippen LogP contribution >= 0.6 is 0 Å². The first-order valence-electron chi connectivity index (χ1n) is 6.12. The molecular formula is C14H16N2O. The Morgan fingerprint density at radius 3 is 2.71 bits per heavy atom. The zero-order valence-electron chi connectivity index (χ0n) is 9.66. The molecule has 17 heavy (non-hydrogen) atoms. The van der Waals surface area contributed by atoms with Crippen molar-refractivity contribution in [3.05, 3.63) is 42.7 Å². The number of nitrogens with zero attached hydrogens (tertiary/aromatic N) is 2. The van der Waals surface area contributed by atoms with Crippen LogP contribution in [0.25, 0.3) is 11.4 Å². The van der Waals surface area contributed by atoms with E-state index in [-0.39, 0.29) is 12.1 Å². The molecule has 2 atom stereocenters. The van der Waals surface area contributed by atoms with Gasteiger partial charge in [0.25, 0.3) is 0 Å². The topological polar surface area (TPSA) is 38.0 Å². The van der Waals surface area contributed by atoms with Gasteiger partial charge in [0, 0.05) is 18.0 Å². The molecule has 1 aromatic carbocycles. The summed E-state index contributed by atoms with van der Waals surface area (Å²) in [6.07, 6.45) is 6.59. The van der Waals surface area contributed by atoms with Crippen molar-refractivity contribution in [1.82, 2.24) is 9.55 Å². The second-order valence-corrected chi connectivity index (χ2v) is 4.59. The van der Waals surface area contributed by atoms with E-state index in [1.54, 1.807) is 0 Å². The van der Waals surface area contributed by atoms with E-state index in [0.717, 1.165) is 30.7 Å². The van der Waals surface area contributed by atoms with Crippen LogP contribution in [0.5, 0.6) is 0 Å². The smallest absolute Gasteiger partial charge is 0.140 e. The van der Waals surface area contributed by atoms with E-state index in [1.807, 2.05) is 30.6 Å². The van der Waals surface area contributed by atoms with E-state index < -0.39 is 0 Å². The van der Waals surface area contributed by atoms with Crippen molar-refractivity contribution in [2.75, 3.05) is 0 Å². The minimum Gasteiger partial charge on any atom is -0.391 e. The van der Waals surface area contributed by atoms with Gasteiger partial charge in [-0.05, 0) is 19.3 Å². The van der Waals surface area contributed by atoms with Crippen LogP contribution in [0, 0.1) is 0 Å². The summed E-state index contributed by atoms with van der Waals surface area (Å²) in [7, 11) is 0. The molecule has 3 nitrogen and oxygen atoms in total. The summed E-state index contributed by atoms with van der Waals surface area (Å²) in [6.45, 7) is 0. The molecule has 0 amide bonds. The van der Waals surface area contributed by atoms with E-state index >= 15 is 0 Å². The van der Waals surface area contributed by atoms with Gasteiger partial charge < -0.3 is 9.67 Å². The molecule has 3 rings (SSSR count). The Balaban J connectivity index is 2.00. The number of benzene rings is 1. The second-order valence-electron chi connectivity index (χ2n) is 4.59.